The van der Waals surface area contributed by atoms with Gasteiger partial charge in [0, 0.05) is 11.5 Å². The smallest absolute Gasteiger partial charge is 0.317 e. The van der Waals surface area contributed by atoms with Crippen molar-refractivity contribution in [3.05, 3.63) is 102 Å². The molecule has 0 N–H and O–H groups in total. The Morgan fingerprint density at radius 1 is 0.867 bits per heavy atom. The Morgan fingerprint density at radius 3 is 2.03 bits per heavy atom. The molecule has 0 amide bonds. The molecule has 0 aromatic heterocycles. The van der Waals surface area contributed by atoms with Gasteiger partial charge in [-0.15, -0.1) is 0 Å². The standard InChI is InChI=1S/C26H24O4/c1-3-30-25(28)26(20-12-8-5-9-13-20)22(18-14-16-21(29-2)17-15-18)23(26)24(27)19-10-6-4-7-11-19/h4-17,22-23H,3H2,1-2H3/t22-,23+,26+/m1/s1. The van der Waals surface area contributed by atoms with Crippen molar-refractivity contribution in [2.45, 2.75) is 18.3 Å². The number of ketones is 1. The fourth-order valence-corrected chi connectivity index (χ4v) is 4.49. The Labute approximate surface area is 176 Å². The van der Waals surface area contributed by atoms with Crippen LogP contribution in [0.3, 0.4) is 0 Å². The third-order valence-corrected chi connectivity index (χ3v) is 5.89. The summed E-state index contributed by atoms with van der Waals surface area (Å²) in [7, 11) is 1.61. The predicted octanol–water partition coefficient (Wildman–Crippen LogP) is 4.79. The van der Waals surface area contributed by atoms with Gasteiger partial charge in [0.05, 0.1) is 19.6 Å². The zero-order valence-electron chi connectivity index (χ0n) is 17.1. The molecule has 1 aliphatic carbocycles. The van der Waals surface area contributed by atoms with Crippen LogP contribution in [0, 0.1) is 5.92 Å². The van der Waals surface area contributed by atoms with Crippen molar-refractivity contribution >= 4 is 11.8 Å². The monoisotopic (exact) mass is 400 g/mol. The molecule has 0 saturated heterocycles. The second-order valence-electron chi connectivity index (χ2n) is 7.41. The van der Waals surface area contributed by atoms with Crippen LogP contribution in [0.5, 0.6) is 5.75 Å². The van der Waals surface area contributed by atoms with Gasteiger partial charge in [-0.3, -0.25) is 9.59 Å². The molecule has 3 aromatic rings. The van der Waals surface area contributed by atoms with E-state index < -0.39 is 11.3 Å². The topological polar surface area (TPSA) is 52.6 Å². The van der Waals surface area contributed by atoms with Crippen molar-refractivity contribution in [2.75, 3.05) is 13.7 Å². The molecule has 0 unspecified atom stereocenters. The number of methoxy groups -OCH3 is 1. The molecule has 4 rings (SSSR count). The number of carbonyl (C=O) groups is 2. The van der Waals surface area contributed by atoms with Gasteiger partial charge in [-0.1, -0.05) is 72.8 Å². The molecule has 1 saturated carbocycles. The number of ether oxygens (including phenoxy) is 2. The Hall–Kier alpha value is -3.40. The molecule has 3 atom stereocenters. The average Bonchev–Trinajstić information content (AvgIpc) is 3.51. The summed E-state index contributed by atoms with van der Waals surface area (Å²) in [5.41, 5.74) is 1.28. The number of hydrogen-bond donors (Lipinski definition) is 0. The summed E-state index contributed by atoms with van der Waals surface area (Å²) in [6.45, 7) is 2.05. The molecule has 0 aliphatic heterocycles. The lowest BCUT2D eigenvalue weighted by atomic mass is 9.88. The van der Waals surface area contributed by atoms with Gasteiger partial charge in [0.2, 0.25) is 0 Å². The van der Waals surface area contributed by atoms with Crippen LogP contribution in [0.15, 0.2) is 84.9 Å². The van der Waals surface area contributed by atoms with E-state index in [0.717, 1.165) is 16.9 Å². The molecular formula is C26H24O4. The number of rotatable bonds is 7. The highest BCUT2D eigenvalue weighted by Gasteiger charge is 2.74. The lowest BCUT2D eigenvalue weighted by Gasteiger charge is -2.17. The van der Waals surface area contributed by atoms with Gasteiger partial charge < -0.3 is 9.47 Å². The highest BCUT2D eigenvalue weighted by molar-refractivity contribution is 6.09. The molecule has 0 radical (unpaired) electrons. The molecule has 0 heterocycles. The Morgan fingerprint density at radius 2 is 1.47 bits per heavy atom. The van der Waals surface area contributed by atoms with Crippen LogP contribution in [0.2, 0.25) is 0 Å². The summed E-state index contributed by atoms with van der Waals surface area (Å²) >= 11 is 0. The van der Waals surface area contributed by atoms with E-state index >= 15 is 0 Å². The van der Waals surface area contributed by atoms with Crippen LogP contribution in [-0.2, 0) is 14.9 Å². The minimum Gasteiger partial charge on any atom is -0.497 e. The third kappa shape index (κ3) is 3.18. The summed E-state index contributed by atoms with van der Waals surface area (Å²) in [5.74, 6) is -0.515. The highest BCUT2D eigenvalue weighted by atomic mass is 16.5. The van der Waals surface area contributed by atoms with Crippen LogP contribution >= 0.6 is 0 Å². The summed E-state index contributed by atoms with van der Waals surface area (Å²) in [6, 6.07) is 26.2. The van der Waals surface area contributed by atoms with Crippen LogP contribution in [0.1, 0.15) is 34.3 Å². The molecule has 1 fully saturated rings. The van der Waals surface area contributed by atoms with E-state index in [2.05, 4.69) is 0 Å². The lowest BCUT2D eigenvalue weighted by Crippen LogP contribution is -2.29. The van der Waals surface area contributed by atoms with E-state index in [0.29, 0.717) is 5.56 Å². The number of benzene rings is 3. The molecule has 3 aromatic carbocycles. The Kier molecular flexibility index (Phi) is 5.40. The van der Waals surface area contributed by atoms with Crippen LogP contribution < -0.4 is 4.74 Å². The van der Waals surface area contributed by atoms with Crippen molar-refractivity contribution in [3.8, 4) is 5.75 Å². The summed E-state index contributed by atoms with van der Waals surface area (Å²) in [6.07, 6.45) is 0. The maximum absolute atomic E-state index is 13.6. The first kappa shape index (κ1) is 19.9. The fourth-order valence-electron chi connectivity index (χ4n) is 4.49. The van der Waals surface area contributed by atoms with E-state index in [4.69, 9.17) is 9.47 Å². The average molecular weight is 400 g/mol. The second-order valence-corrected chi connectivity index (χ2v) is 7.41. The molecule has 0 bridgehead atoms. The third-order valence-electron chi connectivity index (χ3n) is 5.89. The van der Waals surface area contributed by atoms with Gasteiger partial charge in [0.1, 0.15) is 11.2 Å². The van der Waals surface area contributed by atoms with Gasteiger partial charge in [-0.2, -0.15) is 0 Å². The predicted molar refractivity (Wildman–Crippen MR) is 115 cm³/mol. The normalized spacial score (nSPS) is 22.2. The maximum Gasteiger partial charge on any atom is 0.317 e. The summed E-state index contributed by atoms with van der Waals surface area (Å²) in [5, 5.41) is 0. The highest BCUT2D eigenvalue weighted by Crippen LogP contribution is 2.67. The molecule has 152 valence electrons. The van der Waals surface area contributed by atoms with Crippen molar-refractivity contribution in [1.82, 2.24) is 0 Å². The Balaban J connectivity index is 1.86. The van der Waals surface area contributed by atoms with E-state index in [9.17, 15) is 9.59 Å². The second kappa shape index (κ2) is 8.15. The van der Waals surface area contributed by atoms with Gasteiger partial charge in [0.25, 0.3) is 0 Å². The van der Waals surface area contributed by atoms with Crippen molar-refractivity contribution in [3.63, 3.8) is 0 Å². The summed E-state index contributed by atoms with van der Waals surface area (Å²) in [4.78, 5) is 27.0. The van der Waals surface area contributed by atoms with Gasteiger partial charge in [-0.25, -0.2) is 0 Å². The first-order chi connectivity index (χ1) is 14.6. The fraction of sp³-hybridized carbons (Fsp3) is 0.231. The van der Waals surface area contributed by atoms with E-state index in [1.165, 1.54) is 0 Å². The zero-order valence-corrected chi connectivity index (χ0v) is 17.1. The number of esters is 1. The SMILES string of the molecule is CCOC(=O)[C@]1(c2ccccc2)[C@H](C(=O)c2ccccc2)[C@H]1c1ccc(OC)cc1. The van der Waals surface area contributed by atoms with E-state index in [1.807, 2.05) is 72.8 Å². The molecule has 30 heavy (non-hydrogen) atoms. The zero-order chi connectivity index (χ0) is 21.1. The summed E-state index contributed by atoms with van der Waals surface area (Å²) < 4.78 is 10.8. The van der Waals surface area contributed by atoms with Crippen LogP contribution in [0.25, 0.3) is 0 Å². The maximum atomic E-state index is 13.6. The molecular weight excluding hydrogens is 376 g/mol. The number of Topliss-reactive ketones (excluding diaryl/α,β-unsaturated/α-hetero) is 1. The van der Waals surface area contributed by atoms with Crippen LogP contribution in [0.4, 0.5) is 0 Å². The first-order valence-corrected chi connectivity index (χ1v) is 10.1. The van der Waals surface area contributed by atoms with Crippen molar-refractivity contribution in [1.29, 1.82) is 0 Å². The van der Waals surface area contributed by atoms with E-state index in [-0.39, 0.29) is 24.3 Å². The number of hydrogen-bond acceptors (Lipinski definition) is 4. The van der Waals surface area contributed by atoms with E-state index in [1.54, 1.807) is 26.2 Å². The quantitative estimate of drug-likeness (QED) is 0.423. The molecule has 4 nitrogen and oxygen atoms in total. The van der Waals surface area contributed by atoms with Crippen LogP contribution in [-0.4, -0.2) is 25.5 Å². The number of carbonyl (C=O) groups excluding carboxylic acids is 2. The molecule has 1 aliphatic rings. The van der Waals surface area contributed by atoms with Crippen molar-refractivity contribution in [2.24, 2.45) is 5.92 Å². The lowest BCUT2D eigenvalue weighted by molar-refractivity contribution is -0.146. The van der Waals surface area contributed by atoms with Gasteiger partial charge in [0.15, 0.2) is 5.78 Å². The minimum atomic E-state index is -1.04. The molecule has 4 heteroatoms. The largest absolute Gasteiger partial charge is 0.497 e. The van der Waals surface area contributed by atoms with Gasteiger partial charge >= 0.3 is 5.97 Å². The molecule has 0 spiro atoms. The Bertz CT molecular complexity index is 1030. The van der Waals surface area contributed by atoms with Crippen molar-refractivity contribution < 1.29 is 19.1 Å². The first-order valence-electron chi connectivity index (χ1n) is 10.1. The van der Waals surface area contributed by atoms with Gasteiger partial charge in [-0.05, 0) is 30.2 Å². The minimum absolute atomic E-state index is 0.0478.